The van der Waals surface area contributed by atoms with Crippen LogP contribution in [0.5, 0.6) is 0 Å². The van der Waals surface area contributed by atoms with Crippen molar-refractivity contribution in [1.29, 1.82) is 0 Å². The van der Waals surface area contributed by atoms with Crippen LogP contribution in [-0.4, -0.2) is 44.5 Å². The van der Waals surface area contributed by atoms with E-state index in [4.69, 9.17) is 10.8 Å². The molecule has 1 unspecified atom stereocenters. The van der Waals surface area contributed by atoms with Crippen LogP contribution in [0.3, 0.4) is 0 Å². The van der Waals surface area contributed by atoms with Crippen molar-refractivity contribution in [1.82, 2.24) is 4.90 Å². The van der Waals surface area contributed by atoms with Crippen molar-refractivity contribution >= 4 is 29.4 Å². The molecule has 0 aromatic carbocycles. The van der Waals surface area contributed by atoms with Gasteiger partial charge in [0.05, 0.1) is 0 Å². The Kier molecular flexibility index (Phi) is 1.83. The van der Waals surface area contributed by atoms with Gasteiger partial charge in [-0.15, -0.1) is 11.8 Å². The molecule has 14 heavy (non-hydrogen) atoms. The summed E-state index contributed by atoms with van der Waals surface area (Å²) in [6, 6.07) is 0. The Balaban J connectivity index is 2.33. The first-order valence-corrected chi connectivity index (χ1v) is 5.05. The number of hydrogen-bond donors (Lipinski definition) is 2. The minimum atomic E-state index is -1.69. The van der Waals surface area contributed by atoms with Crippen molar-refractivity contribution in [2.45, 2.75) is 17.5 Å². The first-order valence-electron chi connectivity index (χ1n) is 4.00. The maximum Gasteiger partial charge on any atom is 0.344 e. The smallest absolute Gasteiger partial charge is 0.344 e. The van der Waals surface area contributed by atoms with Gasteiger partial charge in [-0.05, 0) is 5.75 Å². The SMILES string of the molecule is NC1(C(=O)O)CCS[C@H]2C(=O)C(=O)N21. The van der Waals surface area contributed by atoms with Gasteiger partial charge in [-0.25, -0.2) is 4.79 Å². The Morgan fingerprint density at radius 3 is 2.86 bits per heavy atom. The van der Waals surface area contributed by atoms with Crippen LogP contribution in [0.15, 0.2) is 0 Å². The lowest BCUT2D eigenvalue weighted by Crippen LogP contribution is -2.77. The predicted molar refractivity (Wildman–Crippen MR) is 47.3 cm³/mol. The van der Waals surface area contributed by atoms with Gasteiger partial charge in [0.25, 0.3) is 11.7 Å². The maximum absolute atomic E-state index is 11.1. The van der Waals surface area contributed by atoms with Gasteiger partial charge < -0.3 is 5.11 Å². The number of carboxylic acids is 1. The van der Waals surface area contributed by atoms with E-state index < -0.39 is 28.7 Å². The number of nitrogens with two attached hydrogens (primary N) is 1. The van der Waals surface area contributed by atoms with Crippen molar-refractivity contribution in [2.75, 3.05) is 5.75 Å². The average molecular weight is 216 g/mol. The molecule has 2 fully saturated rings. The van der Waals surface area contributed by atoms with Gasteiger partial charge in [-0.3, -0.25) is 20.2 Å². The van der Waals surface area contributed by atoms with Crippen molar-refractivity contribution in [3.05, 3.63) is 0 Å². The van der Waals surface area contributed by atoms with E-state index in [1.807, 2.05) is 0 Å². The summed E-state index contributed by atoms with van der Waals surface area (Å²) in [6.07, 6.45) is 0.169. The molecule has 1 amide bonds. The first kappa shape index (κ1) is 9.47. The molecule has 2 aliphatic heterocycles. The van der Waals surface area contributed by atoms with Crippen molar-refractivity contribution in [2.24, 2.45) is 5.73 Å². The molecule has 76 valence electrons. The zero-order valence-electron chi connectivity index (χ0n) is 7.10. The van der Waals surface area contributed by atoms with E-state index in [0.29, 0.717) is 5.75 Å². The molecule has 2 aliphatic rings. The Morgan fingerprint density at radius 2 is 2.29 bits per heavy atom. The highest BCUT2D eigenvalue weighted by molar-refractivity contribution is 8.00. The lowest BCUT2D eigenvalue weighted by atomic mass is 9.99. The normalized spacial score (nSPS) is 36.4. The van der Waals surface area contributed by atoms with E-state index in [9.17, 15) is 14.4 Å². The van der Waals surface area contributed by atoms with Crippen LogP contribution in [0.25, 0.3) is 0 Å². The molecule has 6 nitrogen and oxygen atoms in total. The third-order valence-electron chi connectivity index (χ3n) is 2.45. The Morgan fingerprint density at radius 1 is 1.64 bits per heavy atom. The van der Waals surface area contributed by atoms with E-state index in [1.165, 1.54) is 11.8 Å². The molecule has 0 aliphatic carbocycles. The number of ketones is 1. The molecule has 3 N–H and O–H groups in total. The minimum absolute atomic E-state index is 0.169. The number of Topliss-reactive ketones (excluding diaryl/α,β-unsaturated/α-hetero) is 1. The van der Waals surface area contributed by atoms with Crippen LogP contribution in [-0.2, 0) is 14.4 Å². The van der Waals surface area contributed by atoms with E-state index in [2.05, 4.69) is 0 Å². The van der Waals surface area contributed by atoms with Crippen molar-refractivity contribution < 1.29 is 19.5 Å². The number of hydrogen-bond acceptors (Lipinski definition) is 5. The molecule has 2 saturated heterocycles. The summed E-state index contributed by atoms with van der Waals surface area (Å²) < 4.78 is 0. The summed E-state index contributed by atoms with van der Waals surface area (Å²) in [5.41, 5.74) is 3.89. The number of carbonyl (C=O) groups is 3. The van der Waals surface area contributed by atoms with Gasteiger partial charge in [0.1, 0.15) is 5.37 Å². The van der Waals surface area contributed by atoms with Gasteiger partial charge in [-0.1, -0.05) is 0 Å². The van der Waals surface area contributed by atoms with E-state index in [-0.39, 0.29) is 6.42 Å². The number of thioether (sulfide) groups is 1. The quantitative estimate of drug-likeness (QED) is 0.413. The number of β-lactam (4-membered cyclic amide) rings is 1. The van der Waals surface area contributed by atoms with Crippen molar-refractivity contribution in [3.63, 3.8) is 0 Å². The third kappa shape index (κ3) is 0.934. The number of carbonyl (C=O) groups excluding carboxylic acids is 2. The van der Waals surface area contributed by atoms with Crippen molar-refractivity contribution in [3.8, 4) is 0 Å². The lowest BCUT2D eigenvalue weighted by molar-refractivity contribution is -0.173. The van der Waals surface area contributed by atoms with Gasteiger partial charge in [0.15, 0.2) is 5.66 Å². The molecule has 2 atom stereocenters. The minimum Gasteiger partial charge on any atom is -0.478 e. The second-order valence-electron chi connectivity index (χ2n) is 3.24. The zero-order chi connectivity index (χ0) is 10.5. The fraction of sp³-hybridized carbons (Fsp3) is 0.571. The number of amides is 1. The zero-order valence-corrected chi connectivity index (χ0v) is 7.91. The van der Waals surface area contributed by atoms with Gasteiger partial charge >= 0.3 is 5.97 Å². The molecule has 0 aromatic rings. The van der Waals surface area contributed by atoms with Crippen LogP contribution in [0.1, 0.15) is 6.42 Å². The summed E-state index contributed by atoms with van der Waals surface area (Å²) in [4.78, 5) is 34.0. The molecule has 2 heterocycles. The highest BCUT2D eigenvalue weighted by Gasteiger charge is 2.60. The van der Waals surface area contributed by atoms with Crippen LogP contribution in [0.4, 0.5) is 0 Å². The molecular formula is C7H8N2O4S. The summed E-state index contributed by atoms with van der Waals surface area (Å²) in [7, 11) is 0. The molecule has 0 saturated carbocycles. The highest BCUT2D eigenvalue weighted by Crippen LogP contribution is 2.38. The second kappa shape index (κ2) is 2.71. The Bertz CT molecular complexity index is 345. The molecular weight excluding hydrogens is 208 g/mol. The van der Waals surface area contributed by atoms with E-state index >= 15 is 0 Å². The van der Waals surface area contributed by atoms with E-state index in [0.717, 1.165) is 4.90 Å². The summed E-state index contributed by atoms with van der Waals surface area (Å²) in [5.74, 6) is -2.12. The van der Waals surface area contributed by atoms with Crippen LogP contribution in [0, 0.1) is 0 Å². The molecule has 0 bridgehead atoms. The number of aliphatic carboxylic acids is 1. The standard InChI is InChI=1S/C7H8N2O4S/c8-7(6(12)13)1-2-14-5-3(10)4(11)9(5)7/h5H,1-2,8H2,(H,12,13)/t5-,7?/m0/s1. The van der Waals surface area contributed by atoms with Gasteiger partial charge in [-0.2, -0.15) is 0 Å². The molecule has 2 rings (SSSR count). The van der Waals surface area contributed by atoms with E-state index in [1.54, 1.807) is 0 Å². The van der Waals surface area contributed by atoms with Gasteiger partial charge in [0, 0.05) is 6.42 Å². The maximum atomic E-state index is 11.1. The highest BCUT2D eigenvalue weighted by atomic mass is 32.2. The number of nitrogens with zero attached hydrogens (tertiary/aromatic N) is 1. The summed E-state index contributed by atoms with van der Waals surface area (Å²) >= 11 is 1.26. The Labute approximate surface area is 83.4 Å². The van der Waals surface area contributed by atoms with Gasteiger partial charge in [0.2, 0.25) is 0 Å². The predicted octanol–water partition coefficient (Wildman–Crippen LogP) is -1.40. The largest absolute Gasteiger partial charge is 0.478 e. The van der Waals surface area contributed by atoms with Crippen LogP contribution < -0.4 is 5.73 Å². The molecule has 7 heteroatoms. The lowest BCUT2D eigenvalue weighted by Gasteiger charge is -2.50. The monoisotopic (exact) mass is 216 g/mol. The number of rotatable bonds is 1. The number of carboxylic acid groups (broad SMARTS) is 1. The Hall–Kier alpha value is -1.08. The third-order valence-corrected chi connectivity index (χ3v) is 3.63. The average Bonchev–Trinajstić information content (AvgIpc) is 2.16. The first-order chi connectivity index (χ1) is 6.48. The van der Waals surface area contributed by atoms with Crippen LogP contribution in [0.2, 0.25) is 0 Å². The fourth-order valence-electron chi connectivity index (χ4n) is 1.58. The summed E-state index contributed by atoms with van der Waals surface area (Å²) in [5, 5.41) is 8.20. The van der Waals surface area contributed by atoms with Crippen LogP contribution >= 0.6 is 11.8 Å². The molecule has 0 aromatic heterocycles. The second-order valence-corrected chi connectivity index (χ2v) is 4.43. The summed E-state index contributed by atoms with van der Waals surface area (Å²) in [6.45, 7) is 0. The topological polar surface area (TPSA) is 101 Å². The number of fused-ring (bicyclic) bond motifs is 1. The molecule has 0 spiro atoms. The fourth-order valence-corrected chi connectivity index (χ4v) is 2.92. The molecule has 0 radical (unpaired) electrons.